The van der Waals surface area contributed by atoms with Crippen LogP contribution in [-0.2, 0) is 16.1 Å². The van der Waals surface area contributed by atoms with Gasteiger partial charge in [-0.25, -0.2) is 9.80 Å². The van der Waals surface area contributed by atoms with Gasteiger partial charge in [-0.05, 0) is 29.8 Å². The van der Waals surface area contributed by atoms with Gasteiger partial charge in [-0.2, -0.15) is 5.10 Å². The zero-order valence-electron chi connectivity index (χ0n) is 14.5. The van der Waals surface area contributed by atoms with Crippen LogP contribution in [0, 0.1) is 0 Å². The minimum atomic E-state index is -0.661. The van der Waals surface area contributed by atoms with Gasteiger partial charge in [-0.3, -0.25) is 9.59 Å². The van der Waals surface area contributed by atoms with Crippen molar-refractivity contribution in [3.8, 4) is 0 Å². The highest BCUT2D eigenvalue weighted by Gasteiger charge is 2.24. The van der Waals surface area contributed by atoms with E-state index in [4.69, 9.17) is 5.73 Å². The normalized spacial score (nSPS) is 13.7. The molecule has 0 saturated heterocycles. The molecule has 27 heavy (non-hydrogen) atoms. The van der Waals surface area contributed by atoms with Crippen LogP contribution < -0.4 is 16.4 Å². The molecule has 2 aromatic carbocycles. The number of hydrogen-bond donors (Lipinski definition) is 3. The zero-order chi connectivity index (χ0) is 19.2. The van der Waals surface area contributed by atoms with E-state index in [9.17, 15) is 14.4 Å². The molecule has 138 valence electrons. The van der Waals surface area contributed by atoms with Gasteiger partial charge in [0.05, 0.1) is 6.54 Å². The van der Waals surface area contributed by atoms with Gasteiger partial charge in [0.25, 0.3) is 5.91 Å². The molecule has 0 aromatic heterocycles. The summed E-state index contributed by atoms with van der Waals surface area (Å²) < 4.78 is 0. The van der Waals surface area contributed by atoms with E-state index in [0.29, 0.717) is 23.6 Å². The number of hydrazone groups is 1. The lowest BCUT2D eigenvalue weighted by atomic mass is 10.1. The summed E-state index contributed by atoms with van der Waals surface area (Å²) in [5.74, 6) is -0.478. The first kappa shape index (κ1) is 18.1. The summed E-state index contributed by atoms with van der Waals surface area (Å²) in [7, 11) is 0. The van der Waals surface area contributed by atoms with Crippen molar-refractivity contribution >= 4 is 34.9 Å². The lowest BCUT2D eigenvalue weighted by Crippen LogP contribution is -2.36. The largest absolute Gasteiger partial charge is 0.351 e. The molecule has 0 aliphatic carbocycles. The van der Waals surface area contributed by atoms with E-state index < -0.39 is 6.03 Å². The second-order valence-electron chi connectivity index (χ2n) is 6.00. The van der Waals surface area contributed by atoms with E-state index in [0.717, 1.165) is 5.56 Å². The van der Waals surface area contributed by atoms with Gasteiger partial charge >= 0.3 is 6.03 Å². The Hall–Kier alpha value is -3.68. The number of primary amides is 1. The first-order valence-electron chi connectivity index (χ1n) is 8.41. The van der Waals surface area contributed by atoms with Gasteiger partial charge in [0.1, 0.15) is 5.71 Å². The molecule has 8 nitrogen and oxygen atoms in total. The van der Waals surface area contributed by atoms with E-state index in [1.807, 2.05) is 30.3 Å². The molecule has 8 heteroatoms. The van der Waals surface area contributed by atoms with Gasteiger partial charge in [0, 0.05) is 24.2 Å². The topological polar surface area (TPSA) is 117 Å². The lowest BCUT2D eigenvalue weighted by Gasteiger charge is -2.23. The number of anilines is 2. The van der Waals surface area contributed by atoms with Crippen LogP contribution in [0.4, 0.5) is 16.2 Å². The minimum absolute atomic E-state index is 0.114. The third-order valence-corrected chi connectivity index (χ3v) is 3.95. The maximum Gasteiger partial charge on any atom is 0.316 e. The number of benzene rings is 2. The average Bonchev–Trinajstić information content (AvgIpc) is 2.65. The first-order chi connectivity index (χ1) is 13.0. The summed E-state index contributed by atoms with van der Waals surface area (Å²) in [6.45, 7) is 0.323. The minimum Gasteiger partial charge on any atom is -0.351 e. The van der Waals surface area contributed by atoms with Crippen LogP contribution in [0.25, 0.3) is 0 Å². The van der Waals surface area contributed by atoms with Crippen molar-refractivity contribution < 1.29 is 14.4 Å². The summed E-state index contributed by atoms with van der Waals surface area (Å²) in [5, 5.41) is 10.7. The van der Waals surface area contributed by atoms with Crippen LogP contribution in [0.2, 0.25) is 0 Å². The number of urea groups is 1. The molecule has 0 bridgehead atoms. The molecular formula is C19H19N5O3. The number of carbonyl (C=O) groups excluding carboxylic acids is 3. The number of nitrogens with zero attached hydrogens (tertiary/aromatic N) is 2. The van der Waals surface area contributed by atoms with Crippen molar-refractivity contribution in [3.63, 3.8) is 0 Å². The Morgan fingerprint density at radius 2 is 1.59 bits per heavy atom. The highest BCUT2D eigenvalue weighted by molar-refractivity contribution is 6.43. The average molecular weight is 365 g/mol. The number of amides is 4. The van der Waals surface area contributed by atoms with E-state index in [1.165, 1.54) is 5.01 Å². The van der Waals surface area contributed by atoms with E-state index in [-0.39, 0.29) is 24.7 Å². The quantitative estimate of drug-likeness (QED) is 0.754. The molecule has 2 aromatic rings. The SMILES string of the molecule is NC(=O)Nc1ccc(NC(=O)C2=NN(Cc3ccccc3)C(=O)CC2)cc1. The Labute approximate surface area is 156 Å². The number of carbonyl (C=O) groups is 3. The van der Waals surface area contributed by atoms with E-state index in [1.54, 1.807) is 24.3 Å². The second kappa shape index (κ2) is 8.13. The highest BCUT2D eigenvalue weighted by Crippen LogP contribution is 2.16. The van der Waals surface area contributed by atoms with Crippen molar-refractivity contribution in [2.24, 2.45) is 10.8 Å². The predicted octanol–water partition coefficient (Wildman–Crippen LogP) is 2.29. The molecule has 0 radical (unpaired) electrons. The number of rotatable bonds is 5. The van der Waals surface area contributed by atoms with Crippen molar-refractivity contribution in [2.75, 3.05) is 10.6 Å². The maximum absolute atomic E-state index is 12.5. The monoisotopic (exact) mass is 365 g/mol. The molecule has 1 aliphatic heterocycles. The standard InChI is InChI=1S/C19H19N5O3/c20-19(27)22-15-8-6-14(7-9-15)21-18(26)16-10-11-17(25)24(23-16)12-13-4-2-1-3-5-13/h1-9H,10-12H2,(H,21,26)(H3,20,22,27). The molecule has 4 amide bonds. The van der Waals surface area contributed by atoms with Crippen molar-refractivity contribution in [2.45, 2.75) is 19.4 Å². The molecule has 0 fully saturated rings. The third kappa shape index (κ3) is 4.91. The Balaban J connectivity index is 1.67. The third-order valence-electron chi connectivity index (χ3n) is 3.95. The summed E-state index contributed by atoms with van der Waals surface area (Å²) in [6.07, 6.45) is 0.526. The maximum atomic E-state index is 12.5. The number of nitrogens with two attached hydrogens (primary N) is 1. The zero-order valence-corrected chi connectivity index (χ0v) is 14.5. The van der Waals surface area contributed by atoms with Crippen LogP contribution in [-0.4, -0.2) is 28.6 Å². The Kier molecular flexibility index (Phi) is 5.46. The van der Waals surface area contributed by atoms with Crippen LogP contribution in [0.1, 0.15) is 18.4 Å². The van der Waals surface area contributed by atoms with Crippen molar-refractivity contribution in [1.29, 1.82) is 0 Å². The van der Waals surface area contributed by atoms with Crippen LogP contribution in [0.5, 0.6) is 0 Å². The van der Waals surface area contributed by atoms with Gasteiger partial charge in [-0.1, -0.05) is 30.3 Å². The van der Waals surface area contributed by atoms with Crippen LogP contribution in [0.3, 0.4) is 0 Å². The summed E-state index contributed by atoms with van der Waals surface area (Å²) in [6, 6.07) is 15.3. The molecule has 4 N–H and O–H groups in total. The Morgan fingerprint density at radius 1 is 0.963 bits per heavy atom. The van der Waals surface area contributed by atoms with Gasteiger partial charge in [0.15, 0.2) is 0 Å². The van der Waals surface area contributed by atoms with Crippen LogP contribution in [0.15, 0.2) is 59.7 Å². The number of nitrogens with one attached hydrogen (secondary N) is 2. The predicted molar refractivity (Wildman–Crippen MR) is 102 cm³/mol. The Morgan fingerprint density at radius 3 is 2.22 bits per heavy atom. The van der Waals surface area contributed by atoms with Gasteiger partial charge < -0.3 is 16.4 Å². The summed E-state index contributed by atoms with van der Waals surface area (Å²) >= 11 is 0. The van der Waals surface area contributed by atoms with Gasteiger partial charge in [0.2, 0.25) is 5.91 Å². The number of hydrogen-bond acceptors (Lipinski definition) is 4. The fourth-order valence-corrected chi connectivity index (χ4v) is 2.63. The highest BCUT2D eigenvalue weighted by atomic mass is 16.2. The molecule has 3 rings (SSSR count). The van der Waals surface area contributed by atoms with Crippen molar-refractivity contribution in [1.82, 2.24) is 5.01 Å². The van der Waals surface area contributed by atoms with Gasteiger partial charge in [-0.15, -0.1) is 0 Å². The summed E-state index contributed by atoms with van der Waals surface area (Å²) in [4.78, 5) is 35.4. The smallest absolute Gasteiger partial charge is 0.316 e. The van der Waals surface area contributed by atoms with Crippen LogP contribution >= 0.6 is 0 Å². The molecule has 0 saturated carbocycles. The molecule has 0 atom stereocenters. The fraction of sp³-hybridized carbons (Fsp3) is 0.158. The molecule has 1 heterocycles. The van der Waals surface area contributed by atoms with Crippen molar-refractivity contribution in [3.05, 3.63) is 60.2 Å². The molecule has 0 unspecified atom stereocenters. The fourth-order valence-electron chi connectivity index (χ4n) is 2.63. The van der Waals surface area contributed by atoms with E-state index in [2.05, 4.69) is 15.7 Å². The molecule has 1 aliphatic rings. The summed E-state index contributed by atoms with van der Waals surface area (Å²) in [5.41, 5.74) is 7.36. The van der Waals surface area contributed by atoms with E-state index >= 15 is 0 Å². The lowest BCUT2D eigenvalue weighted by molar-refractivity contribution is -0.132. The molecule has 0 spiro atoms. The second-order valence-corrected chi connectivity index (χ2v) is 6.00. The molecular weight excluding hydrogens is 346 g/mol. The Bertz CT molecular complexity index is 878. The first-order valence-corrected chi connectivity index (χ1v) is 8.41.